The van der Waals surface area contributed by atoms with Gasteiger partial charge in [-0.2, -0.15) is 0 Å². The van der Waals surface area contributed by atoms with Crippen molar-refractivity contribution in [3.63, 3.8) is 0 Å². The maximum absolute atomic E-state index is 12.5. The predicted molar refractivity (Wildman–Crippen MR) is 99.8 cm³/mol. The van der Waals surface area contributed by atoms with Gasteiger partial charge in [-0.15, -0.1) is 5.10 Å². The molecule has 2 aromatic heterocycles. The highest BCUT2D eigenvalue weighted by Crippen LogP contribution is 2.27. The van der Waals surface area contributed by atoms with Crippen LogP contribution in [0.3, 0.4) is 0 Å². The maximum atomic E-state index is 12.5. The van der Waals surface area contributed by atoms with E-state index in [1.165, 1.54) is 11.0 Å². The minimum atomic E-state index is -0.211. The highest BCUT2D eigenvalue weighted by atomic mass is 16.3. The number of carbonyl (C=O) groups is 1. The molecule has 2 heterocycles. The standard InChI is InChI=1S/C19H18N6O2/c1-19(2,3)18-22-15-10-13(6-9-16(15)27-18)21-17(26)12-4-7-14(8-5-12)25-11-20-23-24-25/h4-11H,1-3H3,(H,21,26). The molecule has 0 atom stereocenters. The molecule has 0 fully saturated rings. The summed E-state index contributed by atoms with van der Waals surface area (Å²) < 4.78 is 7.30. The van der Waals surface area contributed by atoms with Crippen LogP contribution in [0.4, 0.5) is 5.69 Å². The van der Waals surface area contributed by atoms with Crippen LogP contribution in [0.5, 0.6) is 0 Å². The number of fused-ring (bicyclic) bond motifs is 1. The lowest BCUT2D eigenvalue weighted by molar-refractivity contribution is 0.102. The van der Waals surface area contributed by atoms with Gasteiger partial charge in [0.25, 0.3) is 5.91 Å². The van der Waals surface area contributed by atoms with Crippen molar-refractivity contribution in [1.82, 2.24) is 25.2 Å². The van der Waals surface area contributed by atoms with E-state index in [1.807, 2.05) is 26.8 Å². The van der Waals surface area contributed by atoms with E-state index >= 15 is 0 Å². The number of benzene rings is 2. The van der Waals surface area contributed by atoms with E-state index in [0.29, 0.717) is 28.2 Å². The summed E-state index contributed by atoms with van der Waals surface area (Å²) in [6, 6.07) is 12.4. The molecule has 1 N–H and O–H groups in total. The Balaban J connectivity index is 1.53. The fraction of sp³-hybridized carbons (Fsp3) is 0.211. The van der Waals surface area contributed by atoms with Crippen molar-refractivity contribution in [2.45, 2.75) is 26.2 Å². The number of tetrazole rings is 1. The second-order valence-electron chi connectivity index (χ2n) is 7.21. The van der Waals surface area contributed by atoms with Crippen molar-refractivity contribution in [2.24, 2.45) is 0 Å². The van der Waals surface area contributed by atoms with Crippen LogP contribution in [0.1, 0.15) is 37.0 Å². The average Bonchev–Trinajstić information content (AvgIpc) is 3.31. The molecule has 0 radical (unpaired) electrons. The van der Waals surface area contributed by atoms with Crippen molar-refractivity contribution in [2.75, 3.05) is 5.32 Å². The Hall–Kier alpha value is -3.55. The Morgan fingerprint density at radius 2 is 1.89 bits per heavy atom. The number of rotatable bonds is 3. The minimum absolute atomic E-state index is 0.177. The summed E-state index contributed by atoms with van der Waals surface area (Å²) in [4.78, 5) is 17.0. The highest BCUT2D eigenvalue weighted by Gasteiger charge is 2.21. The summed E-state index contributed by atoms with van der Waals surface area (Å²) in [6.45, 7) is 6.12. The topological polar surface area (TPSA) is 98.7 Å². The number of anilines is 1. The van der Waals surface area contributed by atoms with Gasteiger partial charge in [0.15, 0.2) is 5.58 Å². The fourth-order valence-corrected chi connectivity index (χ4v) is 2.57. The van der Waals surface area contributed by atoms with Crippen molar-refractivity contribution in [3.8, 4) is 5.69 Å². The third-order valence-electron chi connectivity index (χ3n) is 4.03. The van der Waals surface area contributed by atoms with E-state index in [4.69, 9.17) is 4.42 Å². The molecule has 0 aliphatic carbocycles. The largest absolute Gasteiger partial charge is 0.440 e. The number of amides is 1. The Kier molecular flexibility index (Phi) is 3.95. The molecule has 136 valence electrons. The highest BCUT2D eigenvalue weighted by molar-refractivity contribution is 6.05. The summed E-state index contributed by atoms with van der Waals surface area (Å²) in [6.07, 6.45) is 1.49. The maximum Gasteiger partial charge on any atom is 0.255 e. The van der Waals surface area contributed by atoms with Gasteiger partial charge in [0, 0.05) is 16.7 Å². The van der Waals surface area contributed by atoms with Crippen molar-refractivity contribution in [1.29, 1.82) is 0 Å². The van der Waals surface area contributed by atoms with Gasteiger partial charge in [-0.25, -0.2) is 9.67 Å². The molecular weight excluding hydrogens is 344 g/mol. The fourth-order valence-electron chi connectivity index (χ4n) is 2.57. The molecule has 4 rings (SSSR count). The molecule has 27 heavy (non-hydrogen) atoms. The molecule has 0 bridgehead atoms. The smallest absolute Gasteiger partial charge is 0.255 e. The van der Waals surface area contributed by atoms with E-state index in [1.54, 1.807) is 36.4 Å². The summed E-state index contributed by atoms with van der Waals surface area (Å²) in [5.41, 5.74) is 3.20. The molecule has 8 nitrogen and oxygen atoms in total. The zero-order chi connectivity index (χ0) is 19.0. The number of hydrogen-bond acceptors (Lipinski definition) is 6. The quantitative estimate of drug-likeness (QED) is 0.600. The third-order valence-corrected chi connectivity index (χ3v) is 4.03. The number of carbonyl (C=O) groups excluding carboxylic acids is 1. The number of nitrogens with zero attached hydrogens (tertiary/aromatic N) is 5. The molecule has 4 aromatic rings. The SMILES string of the molecule is CC(C)(C)c1nc2cc(NC(=O)c3ccc(-n4cnnn4)cc3)ccc2o1. The normalized spacial score (nSPS) is 11.7. The second kappa shape index (κ2) is 6.31. The molecular formula is C19H18N6O2. The Morgan fingerprint density at radius 1 is 1.11 bits per heavy atom. The molecule has 0 saturated heterocycles. The van der Waals surface area contributed by atoms with Gasteiger partial charge in [0.05, 0.1) is 5.69 Å². The van der Waals surface area contributed by atoms with Crippen LogP contribution in [-0.4, -0.2) is 31.1 Å². The Morgan fingerprint density at radius 3 is 2.56 bits per heavy atom. The van der Waals surface area contributed by atoms with E-state index in [2.05, 4.69) is 25.8 Å². The first-order valence-electron chi connectivity index (χ1n) is 8.46. The zero-order valence-electron chi connectivity index (χ0n) is 15.2. The number of oxazole rings is 1. The number of nitrogens with one attached hydrogen (secondary N) is 1. The van der Waals surface area contributed by atoms with Crippen LogP contribution in [0, 0.1) is 0 Å². The third kappa shape index (κ3) is 3.41. The molecule has 8 heteroatoms. The number of hydrogen-bond donors (Lipinski definition) is 1. The minimum Gasteiger partial charge on any atom is -0.440 e. The first-order chi connectivity index (χ1) is 12.9. The van der Waals surface area contributed by atoms with E-state index in [9.17, 15) is 4.79 Å². The van der Waals surface area contributed by atoms with E-state index in [0.717, 1.165) is 5.69 Å². The summed E-state index contributed by atoms with van der Waals surface area (Å²) >= 11 is 0. The zero-order valence-corrected chi connectivity index (χ0v) is 15.2. The first-order valence-corrected chi connectivity index (χ1v) is 8.46. The summed E-state index contributed by atoms with van der Waals surface area (Å²) in [5, 5.41) is 13.9. The Labute approximate surface area is 155 Å². The molecule has 0 saturated carbocycles. The van der Waals surface area contributed by atoms with Gasteiger partial charge in [0.2, 0.25) is 5.89 Å². The summed E-state index contributed by atoms with van der Waals surface area (Å²) in [5.74, 6) is 0.455. The van der Waals surface area contributed by atoms with Crippen LogP contribution in [0.15, 0.2) is 53.2 Å². The average molecular weight is 362 g/mol. The molecule has 0 aliphatic heterocycles. The predicted octanol–water partition coefficient (Wildman–Crippen LogP) is 3.35. The van der Waals surface area contributed by atoms with Gasteiger partial charge < -0.3 is 9.73 Å². The van der Waals surface area contributed by atoms with Crippen LogP contribution >= 0.6 is 0 Å². The molecule has 0 aliphatic rings. The van der Waals surface area contributed by atoms with Crippen LogP contribution in [0.2, 0.25) is 0 Å². The van der Waals surface area contributed by atoms with Crippen molar-refractivity contribution < 1.29 is 9.21 Å². The van der Waals surface area contributed by atoms with Gasteiger partial charge in [-0.1, -0.05) is 20.8 Å². The lowest BCUT2D eigenvalue weighted by atomic mass is 9.97. The van der Waals surface area contributed by atoms with Crippen molar-refractivity contribution >= 4 is 22.7 Å². The monoisotopic (exact) mass is 362 g/mol. The van der Waals surface area contributed by atoms with Gasteiger partial charge in [-0.3, -0.25) is 4.79 Å². The van der Waals surface area contributed by atoms with Crippen LogP contribution in [-0.2, 0) is 5.41 Å². The van der Waals surface area contributed by atoms with E-state index < -0.39 is 0 Å². The molecule has 1 amide bonds. The lowest BCUT2D eigenvalue weighted by Crippen LogP contribution is -2.12. The first kappa shape index (κ1) is 16.9. The van der Waals surface area contributed by atoms with Crippen molar-refractivity contribution in [3.05, 3.63) is 60.2 Å². The number of aromatic nitrogens is 5. The second-order valence-corrected chi connectivity index (χ2v) is 7.21. The lowest BCUT2D eigenvalue weighted by Gasteiger charge is -2.11. The van der Waals surface area contributed by atoms with Gasteiger partial charge in [0.1, 0.15) is 11.8 Å². The van der Waals surface area contributed by atoms with Gasteiger partial charge >= 0.3 is 0 Å². The van der Waals surface area contributed by atoms with E-state index in [-0.39, 0.29) is 11.3 Å². The van der Waals surface area contributed by atoms with Crippen LogP contribution < -0.4 is 5.32 Å². The molecule has 0 unspecified atom stereocenters. The van der Waals surface area contributed by atoms with Gasteiger partial charge in [-0.05, 0) is 52.9 Å². The summed E-state index contributed by atoms with van der Waals surface area (Å²) in [7, 11) is 0. The Bertz CT molecular complexity index is 1090. The molecule has 0 spiro atoms. The molecule has 2 aromatic carbocycles. The van der Waals surface area contributed by atoms with Crippen LogP contribution in [0.25, 0.3) is 16.8 Å².